The second-order valence-corrected chi connectivity index (χ2v) is 4.91. The number of rotatable bonds is 3. The van der Waals surface area contributed by atoms with Gasteiger partial charge < -0.3 is 25.4 Å². The molecule has 2 saturated heterocycles. The molecular weight excluding hydrogens is 264 g/mol. The Kier molecular flexibility index (Phi) is 3.35. The van der Waals surface area contributed by atoms with Crippen molar-refractivity contribution < 1.29 is 24.9 Å². The Morgan fingerprint density at radius 3 is 2.70 bits per heavy atom. The van der Waals surface area contributed by atoms with E-state index in [9.17, 15) is 15.0 Å². The first-order valence-electron chi connectivity index (χ1n) is 6.40. The maximum absolute atomic E-state index is 12.0. The Bertz CT molecular complexity index is 497. The number of fused-ring (bicyclic) bond motifs is 1. The van der Waals surface area contributed by atoms with E-state index >= 15 is 0 Å². The van der Waals surface area contributed by atoms with E-state index in [1.165, 1.54) is 4.90 Å². The standard InChI is InChI=1S/C13H16N2O5/c16-6-8(17)11-10(18)9-12(20-11)15(13(19)14-9)7-4-2-1-3-5-7/h1-5,8-12,16-18H,6H2,(H,14,19)/t8-,9-,10-,11+,12+/m1/s1. The minimum absolute atomic E-state index is 0.359. The Morgan fingerprint density at radius 1 is 1.35 bits per heavy atom. The number of nitrogens with zero attached hydrogens (tertiary/aromatic N) is 1. The Labute approximate surface area is 115 Å². The fraction of sp³-hybridized carbons (Fsp3) is 0.462. The summed E-state index contributed by atoms with van der Waals surface area (Å²) in [7, 11) is 0. The van der Waals surface area contributed by atoms with Crippen LogP contribution >= 0.6 is 0 Å². The van der Waals surface area contributed by atoms with Crippen molar-refractivity contribution in [3.63, 3.8) is 0 Å². The molecule has 0 aromatic heterocycles. The van der Waals surface area contributed by atoms with Gasteiger partial charge >= 0.3 is 6.03 Å². The average Bonchev–Trinajstić information content (AvgIpc) is 2.95. The van der Waals surface area contributed by atoms with Gasteiger partial charge in [-0.05, 0) is 12.1 Å². The number of para-hydroxylation sites is 1. The van der Waals surface area contributed by atoms with Crippen LogP contribution in [0.25, 0.3) is 0 Å². The lowest BCUT2D eigenvalue weighted by Crippen LogP contribution is -2.45. The molecule has 0 spiro atoms. The molecule has 0 radical (unpaired) electrons. The number of benzene rings is 1. The van der Waals surface area contributed by atoms with Crippen molar-refractivity contribution in [1.82, 2.24) is 5.32 Å². The largest absolute Gasteiger partial charge is 0.394 e. The van der Waals surface area contributed by atoms with Crippen LogP contribution in [0.2, 0.25) is 0 Å². The van der Waals surface area contributed by atoms with Crippen LogP contribution in [-0.4, -0.2) is 58.5 Å². The van der Waals surface area contributed by atoms with Gasteiger partial charge in [-0.1, -0.05) is 18.2 Å². The van der Waals surface area contributed by atoms with Crippen molar-refractivity contribution in [2.45, 2.75) is 30.6 Å². The van der Waals surface area contributed by atoms with E-state index in [4.69, 9.17) is 9.84 Å². The molecule has 0 aliphatic carbocycles. The van der Waals surface area contributed by atoms with Gasteiger partial charge in [-0.15, -0.1) is 0 Å². The highest BCUT2D eigenvalue weighted by atomic mass is 16.6. The van der Waals surface area contributed by atoms with Crippen molar-refractivity contribution in [3.8, 4) is 0 Å². The van der Waals surface area contributed by atoms with E-state index in [1.807, 2.05) is 6.07 Å². The van der Waals surface area contributed by atoms with Crippen molar-refractivity contribution in [2.75, 3.05) is 11.5 Å². The predicted octanol–water partition coefficient (Wildman–Crippen LogP) is -0.976. The lowest BCUT2D eigenvalue weighted by Gasteiger charge is -2.24. The Morgan fingerprint density at radius 2 is 2.05 bits per heavy atom. The number of ether oxygens (including phenoxy) is 1. The lowest BCUT2D eigenvalue weighted by molar-refractivity contribution is -0.0804. The molecule has 2 heterocycles. The summed E-state index contributed by atoms with van der Waals surface area (Å²) >= 11 is 0. The van der Waals surface area contributed by atoms with Crippen LogP contribution in [0.15, 0.2) is 30.3 Å². The number of carbonyl (C=O) groups excluding carboxylic acids is 1. The van der Waals surface area contributed by atoms with E-state index in [0.717, 1.165) is 0 Å². The molecule has 2 aliphatic rings. The van der Waals surface area contributed by atoms with Gasteiger partial charge in [-0.2, -0.15) is 0 Å². The molecule has 0 bridgehead atoms. The SMILES string of the molecule is O=C1N[C@@H]2[C@@H](O)[C@H]([C@H](O)CO)O[C@@H]2N1c1ccccc1. The zero-order valence-corrected chi connectivity index (χ0v) is 10.6. The van der Waals surface area contributed by atoms with Crippen LogP contribution in [0, 0.1) is 0 Å². The van der Waals surface area contributed by atoms with Gasteiger partial charge in [0.05, 0.1) is 6.61 Å². The quantitative estimate of drug-likeness (QED) is 0.570. The summed E-state index contributed by atoms with van der Waals surface area (Å²) < 4.78 is 5.57. The minimum Gasteiger partial charge on any atom is -0.394 e. The third-order valence-electron chi connectivity index (χ3n) is 3.67. The van der Waals surface area contributed by atoms with Gasteiger partial charge in [0, 0.05) is 5.69 Å². The van der Waals surface area contributed by atoms with Crippen LogP contribution in [0.5, 0.6) is 0 Å². The lowest BCUT2D eigenvalue weighted by atomic mass is 10.0. The predicted molar refractivity (Wildman–Crippen MR) is 69.0 cm³/mol. The monoisotopic (exact) mass is 280 g/mol. The number of hydrogen-bond donors (Lipinski definition) is 4. The summed E-state index contributed by atoms with van der Waals surface area (Å²) in [5.74, 6) is 0. The third kappa shape index (κ3) is 1.95. The molecule has 0 unspecified atom stereocenters. The van der Waals surface area contributed by atoms with Gasteiger partial charge in [-0.3, -0.25) is 4.90 Å². The van der Waals surface area contributed by atoms with E-state index in [1.54, 1.807) is 24.3 Å². The van der Waals surface area contributed by atoms with Crippen LogP contribution in [-0.2, 0) is 4.74 Å². The van der Waals surface area contributed by atoms with E-state index < -0.39 is 37.2 Å². The highest BCUT2D eigenvalue weighted by Gasteiger charge is 2.55. The van der Waals surface area contributed by atoms with Gasteiger partial charge in [0.1, 0.15) is 24.4 Å². The van der Waals surface area contributed by atoms with Gasteiger partial charge in [0.15, 0.2) is 6.23 Å². The molecule has 20 heavy (non-hydrogen) atoms. The topological polar surface area (TPSA) is 102 Å². The third-order valence-corrected chi connectivity index (χ3v) is 3.67. The number of nitrogens with one attached hydrogen (secondary N) is 1. The molecule has 5 atom stereocenters. The zero-order valence-electron chi connectivity index (χ0n) is 10.6. The number of urea groups is 1. The summed E-state index contributed by atoms with van der Waals surface area (Å²) in [5, 5.41) is 31.4. The van der Waals surface area contributed by atoms with Crippen molar-refractivity contribution in [1.29, 1.82) is 0 Å². The summed E-state index contributed by atoms with van der Waals surface area (Å²) in [4.78, 5) is 13.4. The van der Waals surface area contributed by atoms with Gasteiger partial charge in [-0.25, -0.2) is 4.79 Å². The molecule has 2 fully saturated rings. The number of amides is 2. The fourth-order valence-corrected chi connectivity index (χ4v) is 2.68. The smallest absolute Gasteiger partial charge is 0.324 e. The average molecular weight is 280 g/mol. The van der Waals surface area contributed by atoms with Crippen molar-refractivity contribution in [2.24, 2.45) is 0 Å². The molecule has 3 rings (SSSR count). The van der Waals surface area contributed by atoms with Crippen molar-refractivity contribution in [3.05, 3.63) is 30.3 Å². The van der Waals surface area contributed by atoms with E-state index in [0.29, 0.717) is 5.69 Å². The van der Waals surface area contributed by atoms with Crippen LogP contribution in [0.1, 0.15) is 0 Å². The molecule has 0 saturated carbocycles. The molecule has 7 nitrogen and oxygen atoms in total. The highest BCUT2D eigenvalue weighted by molar-refractivity contribution is 5.95. The van der Waals surface area contributed by atoms with Crippen molar-refractivity contribution >= 4 is 11.7 Å². The highest BCUT2D eigenvalue weighted by Crippen LogP contribution is 2.33. The second-order valence-electron chi connectivity index (χ2n) is 4.91. The number of hydrogen-bond acceptors (Lipinski definition) is 5. The number of aliphatic hydroxyl groups excluding tert-OH is 3. The Balaban J connectivity index is 1.87. The molecule has 4 N–H and O–H groups in total. The summed E-state index contributed by atoms with van der Waals surface area (Å²) in [6.07, 6.45) is -3.89. The molecule has 108 valence electrons. The number of anilines is 1. The molecule has 1 aromatic carbocycles. The van der Waals surface area contributed by atoms with E-state index in [-0.39, 0.29) is 6.03 Å². The zero-order chi connectivity index (χ0) is 14.3. The van der Waals surface area contributed by atoms with E-state index in [2.05, 4.69) is 5.32 Å². The summed E-state index contributed by atoms with van der Waals surface area (Å²) in [6.45, 7) is -0.513. The normalized spacial score (nSPS) is 34.0. The van der Waals surface area contributed by atoms with Gasteiger partial charge in [0.2, 0.25) is 0 Å². The van der Waals surface area contributed by atoms with Crippen LogP contribution in [0.4, 0.5) is 10.5 Å². The first-order valence-corrected chi connectivity index (χ1v) is 6.40. The van der Waals surface area contributed by atoms with Gasteiger partial charge in [0.25, 0.3) is 0 Å². The second kappa shape index (κ2) is 5.02. The first kappa shape index (κ1) is 13.3. The molecule has 2 aliphatic heterocycles. The first-order chi connectivity index (χ1) is 9.63. The fourth-order valence-electron chi connectivity index (χ4n) is 2.68. The Hall–Kier alpha value is -1.67. The molecular formula is C13H16N2O5. The molecule has 1 aromatic rings. The molecule has 7 heteroatoms. The summed E-state index contributed by atoms with van der Waals surface area (Å²) in [6, 6.07) is 7.94. The maximum atomic E-state index is 12.0. The number of aliphatic hydroxyl groups is 3. The summed E-state index contributed by atoms with van der Waals surface area (Å²) in [5.41, 5.74) is 0.642. The minimum atomic E-state index is -1.19. The number of carbonyl (C=O) groups is 1. The van der Waals surface area contributed by atoms with Crippen LogP contribution < -0.4 is 10.2 Å². The molecule has 2 amide bonds. The van der Waals surface area contributed by atoms with Crippen LogP contribution in [0.3, 0.4) is 0 Å². The maximum Gasteiger partial charge on any atom is 0.324 e.